The van der Waals surface area contributed by atoms with Gasteiger partial charge in [0.2, 0.25) is 5.91 Å². The molecule has 0 bridgehead atoms. The fourth-order valence-corrected chi connectivity index (χ4v) is 1.89. The van der Waals surface area contributed by atoms with Crippen LogP contribution in [0.3, 0.4) is 0 Å². The number of likely N-dealkylation sites (N-methyl/N-ethyl adjacent to an activating group) is 1. The van der Waals surface area contributed by atoms with E-state index in [0.29, 0.717) is 23.5 Å². The van der Waals surface area contributed by atoms with Crippen molar-refractivity contribution in [2.45, 2.75) is 46.1 Å². The summed E-state index contributed by atoms with van der Waals surface area (Å²) >= 11 is 0. The summed E-state index contributed by atoms with van der Waals surface area (Å²) in [5.41, 5.74) is 0.401. The molecule has 0 spiro atoms. The number of hydrogen-bond acceptors (Lipinski definition) is 4. The van der Waals surface area contributed by atoms with Crippen molar-refractivity contribution in [3.8, 4) is 0 Å². The van der Waals surface area contributed by atoms with E-state index in [9.17, 15) is 14.7 Å². The normalized spacial score (nSPS) is 11.5. The third-order valence-corrected chi connectivity index (χ3v) is 3.60. The van der Waals surface area contributed by atoms with Crippen LogP contribution in [0.15, 0.2) is 4.79 Å². The van der Waals surface area contributed by atoms with Gasteiger partial charge in [0.05, 0.1) is 12.1 Å². The number of nitrogens with zero attached hydrogens (tertiary/aromatic N) is 2. The van der Waals surface area contributed by atoms with Gasteiger partial charge in [-0.05, 0) is 34.1 Å². The van der Waals surface area contributed by atoms with Gasteiger partial charge in [-0.2, -0.15) is 0 Å². The van der Waals surface area contributed by atoms with Gasteiger partial charge in [-0.15, -0.1) is 0 Å². The zero-order chi connectivity index (χ0) is 15.5. The molecule has 1 amide bonds. The molecule has 20 heavy (non-hydrogen) atoms. The second-order valence-corrected chi connectivity index (χ2v) is 5.64. The molecule has 0 saturated carbocycles. The third-order valence-electron chi connectivity index (χ3n) is 3.60. The molecule has 0 aliphatic heterocycles. The maximum Gasteiger partial charge on any atom is 0.254 e. The Balaban J connectivity index is 2.79. The fraction of sp³-hybridized carbons (Fsp3) is 0.643. The highest BCUT2D eigenvalue weighted by atomic mass is 16.3. The Morgan fingerprint density at radius 2 is 2.00 bits per heavy atom. The first-order valence-electron chi connectivity index (χ1n) is 6.63. The quantitative estimate of drug-likeness (QED) is 0.825. The van der Waals surface area contributed by atoms with Gasteiger partial charge < -0.3 is 15.0 Å². The number of rotatable bonds is 5. The molecule has 0 atom stereocenters. The van der Waals surface area contributed by atoms with Crippen molar-refractivity contribution in [3.63, 3.8) is 0 Å². The summed E-state index contributed by atoms with van der Waals surface area (Å²) in [7, 11) is 1.66. The monoisotopic (exact) mass is 281 g/mol. The Morgan fingerprint density at radius 1 is 1.40 bits per heavy atom. The van der Waals surface area contributed by atoms with Crippen molar-refractivity contribution in [2.75, 3.05) is 13.7 Å². The second-order valence-electron chi connectivity index (χ2n) is 5.64. The van der Waals surface area contributed by atoms with Gasteiger partial charge >= 0.3 is 0 Å². The van der Waals surface area contributed by atoms with Crippen LogP contribution in [0.4, 0.5) is 0 Å². The molecular weight excluding hydrogens is 258 g/mol. The summed E-state index contributed by atoms with van der Waals surface area (Å²) in [6, 6.07) is 0. The van der Waals surface area contributed by atoms with Gasteiger partial charge in [0.1, 0.15) is 5.82 Å². The lowest BCUT2D eigenvalue weighted by Gasteiger charge is -2.34. The standard InChI is InChI=1S/C14H23N3O3/c1-9-11(13(20)16-10(2)15-9)6-7-12(19)17(5)14(3,4)8-18/h18H,6-8H2,1-5H3,(H,15,16,20). The van der Waals surface area contributed by atoms with E-state index in [1.807, 2.05) is 0 Å². The van der Waals surface area contributed by atoms with E-state index in [4.69, 9.17) is 0 Å². The number of carbonyl (C=O) groups excluding carboxylic acids is 1. The average Bonchev–Trinajstić information content (AvgIpc) is 2.36. The molecule has 0 aliphatic carbocycles. The number of aromatic amines is 1. The smallest absolute Gasteiger partial charge is 0.254 e. The van der Waals surface area contributed by atoms with E-state index < -0.39 is 5.54 Å². The van der Waals surface area contributed by atoms with Crippen LogP contribution in [0.5, 0.6) is 0 Å². The zero-order valence-corrected chi connectivity index (χ0v) is 12.8. The maximum absolute atomic E-state index is 12.1. The third kappa shape index (κ3) is 3.66. The molecule has 0 saturated heterocycles. The van der Waals surface area contributed by atoms with Gasteiger partial charge in [-0.3, -0.25) is 9.59 Å². The maximum atomic E-state index is 12.1. The van der Waals surface area contributed by atoms with E-state index in [-0.39, 0.29) is 24.5 Å². The summed E-state index contributed by atoms with van der Waals surface area (Å²) in [6.07, 6.45) is 0.563. The van der Waals surface area contributed by atoms with E-state index in [0.717, 1.165) is 0 Å². The van der Waals surface area contributed by atoms with Gasteiger partial charge in [0, 0.05) is 24.7 Å². The van der Waals surface area contributed by atoms with Crippen LogP contribution >= 0.6 is 0 Å². The van der Waals surface area contributed by atoms with Crippen LogP contribution in [0.2, 0.25) is 0 Å². The number of carbonyl (C=O) groups is 1. The van der Waals surface area contributed by atoms with Crippen molar-refractivity contribution in [2.24, 2.45) is 0 Å². The highest BCUT2D eigenvalue weighted by Gasteiger charge is 2.26. The minimum absolute atomic E-state index is 0.108. The first kappa shape index (κ1) is 16.4. The van der Waals surface area contributed by atoms with Gasteiger partial charge in [0.15, 0.2) is 0 Å². The Hall–Kier alpha value is -1.69. The molecule has 6 heteroatoms. The molecule has 2 N–H and O–H groups in total. The number of nitrogens with one attached hydrogen (secondary N) is 1. The molecule has 112 valence electrons. The molecular formula is C14H23N3O3. The van der Waals surface area contributed by atoms with Crippen LogP contribution in [-0.2, 0) is 11.2 Å². The SMILES string of the molecule is Cc1nc(C)c(CCC(=O)N(C)C(C)(C)CO)c(=O)[nH]1. The number of H-pyrrole nitrogens is 1. The summed E-state index contributed by atoms with van der Waals surface area (Å²) in [4.78, 5) is 32.3. The minimum Gasteiger partial charge on any atom is -0.394 e. The van der Waals surface area contributed by atoms with Gasteiger partial charge in [-0.1, -0.05) is 0 Å². The van der Waals surface area contributed by atoms with Crippen molar-refractivity contribution >= 4 is 5.91 Å². The summed E-state index contributed by atoms with van der Waals surface area (Å²) in [5, 5.41) is 9.26. The molecule has 0 unspecified atom stereocenters. The van der Waals surface area contributed by atoms with Crippen LogP contribution < -0.4 is 5.56 Å². The average molecular weight is 281 g/mol. The number of aliphatic hydroxyl groups is 1. The second kappa shape index (κ2) is 6.17. The van der Waals surface area contributed by atoms with Gasteiger partial charge in [0.25, 0.3) is 5.56 Å². The molecule has 6 nitrogen and oxygen atoms in total. The van der Waals surface area contributed by atoms with E-state index in [1.54, 1.807) is 34.7 Å². The molecule has 0 aliphatic rings. The lowest BCUT2D eigenvalue weighted by atomic mass is 10.0. The number of aromatic nitrogens is 2. The molecule has 1 aromatic rings. The number of aliphatic hydroxyl groups excluding tert-OH is 1. The largest absolute Gasteiger partial charge is 0.394 e. The lowest BCUT2D eigenvalue weighted by molar-refractivity contribution is -0.135. The summed E-state index contributed by atoms with van der Waals surface area (Å²) in [5.74, 6) is 0.463. The molecule has 1 aromatic heterocycles. The van der Waals surface area contributed by atoms with Crippen LogP contribution in [0.1, 0.15) is 37.4 Å². The molecule has 1 rings (SSSR count). The van der Waals surface area contributed by atoms with Crippen molar-refractivity contribution < 1.29 is 9.90 Å². The van der Waals surface area contributed by atoms with Crippen molar-refractivity contribution in [3.05, 3.63) is 27.4 Å². The molecule has 1 heterocycles. The fourth-order valence-electron chi connectivity index (χ4n) is 1.89. The Morgan fingerprint density at radius 3 is 2.50 bits per heavy atom. The van der Waals surface area contributed by atoms with Crippen LogP contribution in [0.25, 0.3) is 0 Å². The summed E-state index contributed by atoms with van der Waals surface area (Å²) < 4.78 is 0. The minimum atomic E-state index is -0.607. The van der Waals surface area contributed by atoms with Crippen LogP contribution in [-0.4, -0.2) is 45.1 Å². The summed E-state index contributed by atoms with van der Waals surface area (Å²) in [6.45, 7) is 6.96. The van der Waals surface area contributed by atoms with Crippen molar-refractivity contribution in [1.82, 2.24) is 14.9 Å². The number of hydrogen-bond donors (Lipinski definition) is 2. The van der Waals surface area contributed by atoms with Crippen molar-refractivity contribution in [1.29, 1.82) is 0 Å². The number of amides is 1. The zero-order valence-electron chi connectivity index (χ0n) is 12.8. The Labute approximate surface area is 118 Å². The van der Waals surface area contributed by atoms with E-state index >= 15 is 0 Å². The predicted octanol–water partition coefficient (Wildman–Crippen LogP) is 0.549. The van der Waals surface area contributed by atoms with Gasteiger partial charge in [-0.25, -0.2) is 4.98 Å². The molecule has 0 radical (unpaired) electrons. The molecule has 0 aromatic carbocycles. The first-order chi connectivity index (χ1) is 9.19. The van der Waals surface area contributed by atoms with E-state index in [1.165, 1.54) is 4.90 Å². The highest BCUT2D eigenvalue weighted by molar-refractivity contribution is 5.77. The van der Waals surface area contributed by atoms with E-state index in [2.05, 4.69) is 9.97 Å². The predicted molar refractivity (Wildman–Crippen MR) is 76.6 cm³/mol. The molecule has 0 fully saturated rings. The van der Waals surface area contributed by atoms with Crippen LogP contribution in [0, 0.1) is 13.8 Å². The Bertz CT molecular complexity index is 549. The number of aryl methyl sites for hydroxylation is 2. The first-order valence-corrected chi connectivity index (χ1v) is 6.63. The highest BCUT2D eigenvalue weighted by Crippen LogP contribution is 2.13. The lowest BCUT2D eigenvalue weighted by Crippen LogP contribution is -2.47. The Kier molecular flexibility index (Phi) is 5.05. The topological polar surface area (TPSA) is 86.3 Å².